The van der Waals surface area contributed by atoms with Crippen molar-refractivity contribution in [2.45, 2.75) is 64.3 Å². The Labute approximate surface area is 127 Å². The van der Waals surface area contributed by atoms with Crippen molar-refractivity contribution in [1.82, 2.24) is 5.32 Å². The predicted octanol–water partition coefficient (Wildman–Crippen LogP) is 3.33. The molecule has 0 aromatic carbocycles. The van der Waals surface area contributed by atoms with Crippen LogP contribution in [-0.2, 0) is 9.53 Å². The lowest BCUT2D eigenvalue weighted by atomic mass is 9.78. The van der Waals surface area contributed by atoms with Gasteiger partial charge in [-0.3, -0.25) is 0 Å². The molecule has 1 saturated carbocycles. The van der Waals surface area contributed by atoms with Crippen LogP contribution in [0, 0.1) is 11.8 Å². The summed E-state index contributed by atoms with van der Waals surface area (Å²) < 4.78 is 42.8. The van der Waals surface area contributed by atoms with E-state index in [0.717, 1.165) is 0 Å². The Morgan fingerprint density at radius 1 is 1.14 bits per heavy atom. The number of amides is 1. The SMILES string of the molecule is CC(C)(C)OC(=O)NC(C(=O)O)C1CCC(C(F)(F)F)CC1. The number of hydrogen-bond acceptors (Lipinski definition) is 3. The maximum absolute atomic E-state index is 12.6. The summed E-state index contributed by atoms with van der Waals surface area (Å²) in [4.78, 5) is 22.9. The van der Waals surface area contributed by atoms with Crippen molar-refractivity contribution in [3.8, 4) is 0 Å². The maximum Gasteiger partial charge on any atom is 0.408 e. The Balaban J connectivity index is 2.63. The number of halogens is 3. The minimum Gasteiger partial charge on any atom is -0.480 e. The predicted molar refractivity (Wildman–Crippen MR) is 72.3 cm³/mol. The molecule has 1 aliphatic carbocycles. The quantitative estimate of drug-likeness (QED) is 0.834. The molecule has 0 aromatic heterocycles. The molecule has 0 aromatic rings. The van der Waals surface area contributed by atoms with Gasteiger partial charge in [0, 0.05) is 0 Å². The van der Waals surface area contributed by atoms with E-state index in [1.54, 1.807) is 20.8 Å². The van der Waals surface area contributed by atoms with Crippen LogP contribution in [0.15, 0.2) is 0 Å². The highest BCUT2D eigenvalue weighted by Gasteiger charge is 2.44. The van der Waals surface area contributed by atoms with E-state index in [0.29, 0.717) is 0 Å². The average molecular weight is 325 g/mol. The average Bonchev–Trinajstić information content (AvgIpc) is 2.32. The minimum absolute atomic E-state index is 0.108. The van der Waals surface area contributed by atoms with Crippen molar-refractivity contribution in [3.63, 3.8) is 0 Å². The second-order valence-electron chi connectivity index (χ2n) is 6.62. The van der Waals surface area contributed by atoms with E-state index in [9.17, 15) is 27.9 Å². The van der Waals surface area contributed by atoms with Gasteiger partial charge in [-0.2, -0.15) is 13.2 Å². The van der Waals surface area contributed by atoms with E-state index in [2.05, 4.69) is 5.32 Å². The summed E-state index contributed by atoms with van der Waals surface area (Å²) in [6, 6.07) is -1.23. The molecule has 22 heavy (non-hydrogen) atoms. The topological polar surface area (TPSA) is 75.6 Å². The molecule has 0 bridgehead atoms. The molecule has 5 nitrogen and oxygen atoms in total. The molecule has 1 rings (SSSR count). The van der Waals surface area contributed by atoms with Gasteiger partial charge in [0.15, 0.2) is 0 Å². The Kier molecular flexibility index (Phi) is 5.70. The van der Waals surface area contributed by atoms with Crippen molar-refractivity contribution < 1.29 is 32.6 Å². The van der Waals surface area contributed by atoms with Gasteiger partial charge in [0.2, 0.25) is 0 Å². The smallest absolute Gasteiger partial charge is 0.408 e. The zero-order valence-corrected chi connectivity index (χ0v) is 12.9. The number of ether oxygens (including phenoxy) is 1. The summed E-state index contributed by atoms with van der Waals surface area (Å²) in [6.45, 7) is 4.91. The van der Waals surface area contributed by atoms with Gasteiger partial charge in [-0.1, -0.05) is 0 Å². The molecule has 2 N–H and O–H groups in total. The lowest BCUT2D eigenvalue weighted by molar-refractivity contribution is -0.184. The minimum atomic E-state index is -4.25. The number of carbonyl (C=O) groups excluding carboxylic acids is 1. The van der Waals surface area contributed by atoms with Crippen LogP contribution in [0.1, 0.15) is 46.5 Å². The number of alkyl carbamates (subject to hydrolysis) is 1. The number of carboxylic acids is 1. The molecule has 0 heterocycles. The first-order chi connectivity index (χ1) is 9.90. The highest BCUT2D eigenvalue weighted by molar-refractivity contribution is 5.80. The maximum atomic E-state index is 12.6. The van der Waals surface area contributed by atoms with Crippen LogP contribution in [0.4, 0.5) is 18.0 Å². The normalized spacial score (nSPS) is 24.5. The molecular weight excluding hydrogens is 303 g/mol. The van der Waals surface area contributed by atoms with Crippen molar-refractivity contribution in [2.24, 2.45) is 11.8 Å². The van der Waals surface area contributed by atoms with Gasteiger partial charge in [-0.15, -0.1) is 0 Å². The van der Waals surface area contributed by atoms with Crippen LogP contribution < -0.4 is 5.32 Å². The molecule has 0 aliphatic heterocycles. The van der Waals surface area contributed by atoms with E-state index < -0.39 is 41.7 Å². The Morgan fingerprint density at radius 3 is 2.00 bits per heavy atom. The second-order valence-corrected chi connectivity index (χ2v) is 6.62. The number of alkyl halides is 3. The molecule has 1 unspecified atom stereocenters. The molecule has 1 fully saturated rings. The van der Waals surface area contributed by atoms with E-state index in [1.165, 1.54) is 0 Å². The third kappa shape index (κ3) is 5.73. The molecular formula is C14H22F3NO4. The van der Waals surface area contributed by atoms with Gasteiger partial charge < -0.3 is 15.2 Å². The number of rotatable bonds is 3. The number of aliphatic carboxylic acids is 1. The van der Waals surface area contributed by atoms with E-state index in [-0.39, 0.29) is 25.7 Å². The molecule has 1 atom stereocenters. The first kappa shape index (κ1) is 18.6. The van der Waals surface area contributed by atoms with Crippen LogP contribution in [0.3, 0.4) is 0 Å². The Bertz CT molecular complexity index is 409. The number of nitrogens with one attached hydrogen (secondary N) is 1. The summed E-state index contributed by atoms with van der Waals surface area (Å²) in [5.41, 5.74) is -0.777. The fourth-order valence-corrected chi connectivity index (χ4v) is 2.60. The van der Waals surface area contributed by atoms with Crippen LogP contribution in [0.25, 0.3) is 0 Å². The number of carboxylic acid groups (broad SMARTS) is 1. The molecule has 0 radical (unpaired) electrons. The third-order valence-electron chi connectivity index (χ3n) is 3.64. The fraction of sp³-hybridized carbons (Fsp3) is 0.857. The summed E-state index contributed by atoms with van der Waals surface area (Å²) in [5, 5.41) is 11.5. The van der Waals surface area contributed by atoms with E-state index in [4.69, 9.17) is 4.74 Å². The van der Waals surface area contributed by atoms with Crippen LogP contribution in [0.5, 0.6) is 0 Å². The summed E-state index contributed by atoms with van der Waals surface area (Å²) >= 11 is 0. The molecule has 1 amide bonds. The van der Waals surface area contributed by atoms with Crippen molar-refractivity contribution >= 4 is 12.1 Å². The van der Waals surface area contributed by atoms with Crippen molar-refractivity contribution in [2.75, 3.05) is 0 Å². The lowest BCUT2D eigenvalue weighted by Crippen LogP contribution is -2.49. The van der Waals surface area contributed by atoms with Gasteiger partial charge in [0.25, 0.3) is 0 Å². The zero-order valence-electron chi connectivity index (χ0n) is 12.9. The van der Waals surface area contributed by atoms with Gasteiger partial charge in [-0.25, -0.2) is 9.59 Å². The largest absolute Gasteiger partial charge is 0.480 e. The molecule has 0 saturated heterocycles. The molecule has 1 aliphatic rings. The van der Waals surface area contributed by atoms with Crippen molar-refractivity contribution in [3.05, 3.63) is 0 Å². The standard InChI is InChI=1S/C14H22F3NO4/c1-13(2,3)22-12(21)18-10(11(19)20)8-4-6-9(7-5-8)14(15,16)17/h8-10H,4-7H2,1-3H3,(H,18,21)(H,19,20). The fourth-order valence-electron chi connectivity index (χ4n) is 2.60. The van der Waals surface area contributed by atoms with Gasteiger partial charge in [0.1, 0.15) is 11.6 Å². The van der Waals surface area contributed by atoms with Crippen LogP contribution in [0.2, 0.25) is 0 Å². The lowest BCUT2D eigenvalue weighted by Gasteiger charge is -2.33. The zero-order chi connectivity index (χ0) is 17.1. The summed E-state index contributed by atoms with van der Waals surface area (Å²) in [5.74, 6) is -3.18. The Morgan fingerprint density at radius 2 is 1.64 bits per heavy atom. The van der Waals surface area contributed by atoms with E-state index in [1.807, 2.05) is 0 Å². The number of hydrogen-bond donors (Lipinski definition) is 2. The van der Waals surface area contributed by atoms with Gasteiger partial charge in [-0.05, 0) is 52.4 Å². The van der Waals surface area contributed by atoms with Gasteiger partial charge >= 0.3 is 18.2 Å². The first-order valence-corrected chi connectivity index (χ1v) is 7.19. The van der Waals surface area contributed by atoms with Gasteiger partial charge in [0.05, 0.1) is 5.92 Å². The third-order valence-corrected chi connectivity index (χ3v) is 3.64. The molecule has 0 spiro atoms. The van der Waals surface area contributed by atoms with Crippen molar-refractivity contribution in [1.29, 1.82) is 0 Å². The van der Waals surface area contributed by atoms with E-state index >= 15 is 0 Å². The van der Waals surface area contributed by atoms with Crippen LogP contribution >= 0.6 is 0 Å². The Hall–Kier alpha value is -1.47. The second kappa shape index (κ2) is 6.75. The summed E-state index contributed by atoms with van der Waals surface area (Å²) in [6.07, 6.45) is -5.14. The highest BCUT2D eigenvalue weighted by atomic mass is 19.4. The van der Waals surface area contributed by atoms with Crippen LogP contribution in [-0.4, -0.2) is 35.0 Å². The molecule has 8 heteroatoms. The molecule has 128 valence electrons. The monoisotopic (exact) mass is 325 g/mol. The first-order valence-electron chi connectivity index (χ1n) is 7.19. The number of carbonyl (C=O) groups is 2. The highest BCUT2D eigenvalue weighted by Crippen LogP contribution is 2.40. The summed E-state index contributed by atoms with van der Waals surface area (Å²) in [7, 11) is 0.